The number of benzene rings is 2. The molecule has 26 heavy (non-hydrogen) atoms. The highest BCUT2D eigenvalue weighted by Crippen LogP contribution is 2.24. The number of rotatable bonds is 10. The van der Waals surface area contributed by atoms with Crippen LogP contribution in [0.15, 0.2) is 42.5 Å². The molecule has 2 rings (SSSR count). The zero-order chi connectivity index (χ0) is 18.8. The van der Waals surface area contributed by atoms with Crippen molar-refractivity contribution in [3.63, 3.8) is 0 Å². The van der Waals surface area contributed by atoms with Gasteiger partial charge in [-0.3, -0.25) is 4.79 Å². The van der Waals surface area contributed by atoms with Crippen LogP contribution < -0.4 is 19.5 Å². The average Bonchev–Trinajstić information content (AvgIpc) is 2.68. The minimum Gasteiger partial charge on any atom is -0.497 e. The Morgan fingerprint density at radius 3 is 2.38 bits per heavy atom. The highest BCUT2D eigenvalue weighted by Gasteiger charge is 2.11. The number of unbranched alkanes of at least 4 members (excludes halogenated alkanes) is 1. The lowest BCUT2D eigenvalue weighted by molar-refractivity contribution is 0.0953. The quantitative estimate of drug-likeness (QED) is 0.648. The summed E-state index contributed by atoms with van der Waals surface area (Å²) >= 11 is 0. The first-order chi connectivity index (χ1) is 12.7. The van der Waals surface area contributed by atoms with Gasteiger partial charge in [0, 0.05) is 17.7 Å². The molecule has 2 aromatic carbocycles. The van der Waals surface area contributed by atoms with Crippen LogP contribution in [-0.2, 0) is 6.61 Å². The van der Waals surface area contributed by atoms with Gasteiger partial charge in [0.05, 0.1) is 13.7 Å². The fraction of sp³-hybridized carbons (Fsp3) is 0.381. The second kappa shape index (κ2) is 10.3. The fourth-order valence-electron chi connectivity index (χ4n) is 2.44. The topological polar surface area (TPSA) is 56.8 Å². The third-order valence-electron chi connectivity index (χ3n) is 3.89. The number of carbonyl (C=O) groups excluding carboxylic acids is 1. The van der Waals surface area contributed by atoms with Crippen molar-refractivity contribution in [2.24, 2.45) is 0 Å². The summed E-state index contributed by atoms with van der Waals surface area (Å²) in [7, 11) is 1.63. The van der Waals surface area contributed by atoms with Crippen molar-refractivity contribution in [3.05, 3.63) is 53.6 Å². The number of methoxy groups -OCH3 is 1. The first-order valence-corrected chi connectivity index (χ1v) is 8.98. The Morgan fingerprint density at radius 2 is 1.73 bits per heavy atom. The zero-order valence-electron chi connectivity index (χ0n) is 15.7. The standard InChI is InChI=1S/C21H27NO4/c1-4-6-13-22-21(23)16-7-12-20(25-5-2)17(14-16)15-26-19-10-8-18(24-3)9-11-19/h7-12,14H,4-6,13,15H2,1-3H3,(H,22,23). The average molecular weight is 357 g/mol. The second-order valence-corrected chi connectivity index (χ2v) is 5.83. The fourth-order valence-corrected chi connectivity index (χ4v) is 2.44. The second-order valence-electron chi connectivity index (χ2n) is 5.83. The molecule has 0 saturated carbocycles. The highest BCUT2D eigenvalue weighted by atomic mass is 16.5. The maximum absolute atomic E-state index is 12.3. The van der Waals surface area contributed by atoms with Crippen molar-refractivity contribution in [2.75, 3.05) is 20.3 Å². The molecule has 1 N–H and O–H groups in total. The molecule has 5 heteroatoms. The molecule has 0 aliphatic carbocycles. The van der Waals surface area contributed by atoms with E-state index in [1.54, 1.807) is 13.2 Å². The van der Waals surface area contributed by atoms with Crippen LogP contribution in [0.25, 0.3) is 0 Å². The predicted octanol–water partition coefficient (Wildman–Crippen LogP) is 4.20. The molecular formula is C21H27NO4. The van der Waals surface area contributed by atoms with Crippen LogP contribution in [0.1, 0.15) is 42.6 Å². The molecule has 0 aliphatic rings. The summed E-state index contributed by atoms with van der Waals surface area (Å²) in [4.78, 5) is 12.3. The molecule has 140 valence electrons. The molecule has 0 bridgehead atoms. The minimum atomic E-state index is -0.0767. The molecule has 0 aliphatic heterocycles. The molecule has 0 spiro atoms. The summed E-state index contributed by atoms with van der Waals surface area (Å²) in [5, 5.41) is 2.93. The molecule has 2 aromatic rings. The summed E-state index contributed by atoms with van der Waals surface area (Å²) in [6.07, 6.45) is 2.01. The molecule has 0 fully saturated rings. The maximum Gasteiger partial charge on any atom is 0.251 e. The Labute approximate surface area is 155 Å². The van der Waals surface area contributed by atoms with Gasteiger partial charge in [-0.25, -0.2) is 0 Å². The summed E-state index contributed by atoms with van der Waals surface area (Å²) in [5.41, 5.74) is 1.45. The SMILES string of the molecule is CCCCNC(=O)c1ccc(OCC)c(COc2ccc(OC)cc2)c1. The van der Waals surface area contributed by atoms with Gasteiger partial charge in [0.25, 0.3) is 5.91 Å². The van der Waals surface area contributed by atoms with Crippen molar-refractivity contribution in [1.82, 2.24) is 5.32 Å². The number of hydrogen-bond donors (Lipinski definition) is 1. The summed E-state index contributed by atoms with van der Waals surface area (Å²) in [5.74, 6) is 2.16. The molecule has 1 amide bonds. The lowest BCUT2D eigenvalue weighted by atomic mass is 10.1. The molecular weight excluding hydrogens is 330 g/mol. The molecule has 0 heterocycles. The first kappa shape index (κ1) is 19.6. The third-order valence-corrected chi connectivity index (χ3v) is 3.89. The molecule has 0 saturated heterocycles. The van der Waals surface area contributed by atoms with Gasteiger partial charge in [-0.1, -0.05) is 13.3 Å². The van der Waals surface area contributed by atoms with E-state index in [-0.39, 0.29) is 5.91 Å². The molecule has 0 atom stereocenters. The van der Waals surface area contributed by atoms with Gasteiger partial charge in [0.1, 0.15) is 23.9 Å². The third kappa shape index (κ3) is 5.69. The van der Waals surface area contributed by atoms with Crippen molar-refractivity contribution in [3.8, 4) is 17.2 Å². The van der Waals surface area contributed by atoms with Gasteiger partial charge in [0.15, 0.2) is 0 Å². The molecule has 5 nitrogen and oxygen atoms in total. The lowest BCUT2D eigenvalue weighted by Gasteiger charge is -2.13. The first-order valence-electron chi connectivity index (χ1n) is 8.98. The van der Waals surface area contributed by atoms with E-state index in [0.29, 0.717) is 25.3 Å². The van der Waals surface area contributed by atoms with Crippen LogP contribution in [0.2, 0.25) is 0 Å². The van der Waals surface area contributed by atoms with E-state index in [9.17, 15) is 4.79 Å². The van der Waals surface area contributed by atoms with Crippen molar-refractivity contribution < 1.29 is 19.0 Å². The van der Waals surface area contributed by atoms with Crippen molar-refractivity contribution in [2.45, 2.75) is 33.3 Å². The smallest absolute Gasteiger partial charge is 0.251 e. The van der Waals surface area contributed by atoms with Crippen LogP contribution in [0.5, 0.6) is 17.2 Å². The Bertz CT molecular complexity index is 698. The van der Waals surface area contributed by atoms with E-state index < -0.39 is 0 Å². The zero-order valence-corrected chi connectivity index (χ0v) is 15.7. The van der Waals surface area contributed by atoms with Crippen LogP contribution in [0.3, 0.4) is 0 Å². The Balaban J connectivity index is 2.09. The van der Waals surface area contributed by atoms with E-state index in [0.717, 1.165) is 35.7 Å². The highest BCUT2D eigenvalue weighted by molar-refractivity contribution is 5.94. The summed E-state index contributed by atoms with van der Waals surface area (Å²) < 4.78 is 16.7. The number of amides is 1. The monoisotopic (exact) mass is 357 g/mol. The van der Waals surface area contributed by atoms with Gasteiger partial charge < -0.3 is 19.5 Å². The minimum absolute atomic E-state index is 0.0767. The van der Waals surface area contributed by atoms with Crippen LogP contribution in [-0.4, -0.2) is 26.2 Å². The summed E-state index contributed by atoms with van der Waals surface area (Å²) in [6, 6.07) is 12.8. The maximum atomic E-state index is 12.3. The van der Waals surface area contributed by atoms with Crippen LogP contribution in [0.4, 0.5) is 0 Å². The van der Waals surface area contributed by atoms with Crippen LogP contribution in [0, 0.1) is 0 Å². The van der Waals surface area contributed by atoms with Gasteiger partial charge in [-0.15, -0.1) is 0 Å². The lowest BCUT2D eigenvalue weighted by Crippen LogP contribution is -2.24. The normalized spacial score (nSPS) is 10.3. The van der Waals surface area contributed by atoms with E-state index in [2.05, 4.69) is 12.2 Å². The van der Waals surface area contributed by atoms with Gasteiger partial charge in [-0.05, 0) is 55.8 Å². The van der Waals surface area contributed by atoms with Crippen molar-refractivity contribution in [1.29, 1.82) is 0 Å². The Kier molecular flexibility index (Phi) is 7.80. The van der Waals surface area contributed by atoms with Gasteiger partial charge in [0.2, 0.25) is 0 Å². The predicted molar refractivity (Wildman–Crippen MR) is 102 cm³/mol. The Hall–Kier alpha value is -2.69. The van der Waals surface area contributed by atoms with E-state index >= 15 is 0 Å². The van der Waals surface area contributed by atoms with E-state index in [1.807, 2.05) is 43.3 Å². The molecule has 0 unspecified atom stereocenters. The van der Waals surface area contributed by atoms with E-state index in [1.165, 1.54) is 0 Å². The number of carbonyl (C=O) groups is 1. The molecule has 0 radical (unpaired) electrons. The number of hydrogen-bond acceptors (Lipinski definition) is 4. The number of nitrogens with one attached hydrogen (secondary N) is 1. The van der Waals surface area contributed by atoms with Crippen molar-refractivity contribution >= 4 is 5.91 Å². The number of ether oxygens (including phenoxy) is 3. The van der Waals surface area contributed by atoms with Crippen LogP contribution >= 0.6 is 0 Å². The molecule has 0 aromatic heterocycles. The largest absolute Gasteiger partial charge is 0.497 e. The van der Waals surface area contributed by atoms with Gasteiger partial charge in [-0.2, -0.15) is 0 Å². The van der Waals surface area contributed by atoms with Gasteiger partial charge >= 0.3 is 0 Å². The summed E-state index contributed by atoms with van der Waals surface area (Å²) in [6.45, 7) is 5.58. The van der Waals surface area contributed by atoms with E-state index in [4.69, 9.17) is 14.2 Å². The Morgan fingerprint density at radius 1 is 1.00 bits per heavy atom.